The molecule has 1 aliphatic carbocycles. The van der Waals surface area contributed by atoms with Crippen LogP contribution in [0.3, 0.4) is 0 Å². The third-order valence-electron chi connectivity index (χ3n) is 20.6. The average Bonchev–Trinajstić information content (AvgIpc) is 1.51. The number of nitrogens with two attached hydrogens (primary N) is 2. The van der Waals surface area contributed by atoms with Crippen molar-refractivity contribution >= 4 is 183 Å². The molecule has 0 spiro atoms. The van der Waals surface area contributed by atoms with E-state index in [4.69, 9.17) is 66.0 Å². The van der Waals surface area contributed by atoms with Crippen molar-refractivity contribution in [2.75, 3.05) is 29.9 Å². The summed E-state index contributed by atoms with van der Waals surface area (Å²) in [5, 5.41) is 21.1. The maximum Gasteiger partial charge on any atom is 0.408 e. The fourth-order valence-electron chi connectivity index (χ4n) is 14.0. The number of Topliss-reactive ketones (excluding diaryl/α,β-unsaturated/α-hetero) is 2. The molecular weight excluding hydrogens is 2180 g/mol. The number of rotatable bonds is 16. The number of hydrogen-bond donors (Lipinski definition) is 6. The first-order chi connectivity index (χ1) is 68.0. The van der Waals surface area contributed by atoms with Crippen LogP contribution in [0.25, 0.3) is 135 Å². The van der Waals surface area contributed by atoms with Crippen LogP contribution in [0.1, 0.15) is 73.4 Å². The zero-order chi connectivity index (χ0) is 99.3. The number of ether oxygens (including phenoxy) is 2. The van der Waals surface area contributed by atoms with E-state index in [-0.39, 0.29) is 128 Å². The van der Waals surface area contributed by atoms with E-state index in [1.807, 2.05) is 175 Å². The quantitative estimate of drug-likeness (QED) is 0.0172. The van der Waals surface area contributed by atoms with Crippen molar-refractivity contribution in [3.05, 3.63) is 345 Å². The Bertz CT molecular complexity index is 8090. The Kier molecular flexibility index (Phi) is 41.4. The number of aromatic amines is 2. The predicted octanol–water partition coefficient (Wildman–Crippen LogP) is 20.1. The first-order valence-corrected chi connectivity index (χ1v) is 48.3. The first kappa shape index (κ1) is 114. The first-order valence-electron chi connectivity index (χ1n) is 42.8. The van der Waals surface area contributed by atoms with Crippen LogP contribution < -0.4 is 33.2 Å². The molecule has 14 heterocycles. The third kappa shape index (κ3) is 29.6. The van der Waals surface area contributed by atoms with Crippen molar-refractivity contribution in [2.24, 2.45) is 0 Å². The molecule has 0 atom stereocenters. The summed E-state index contributed by atoms with van der Waals surface area (Å²) in [6.07, 6.45) is 16.5. The van der Waals surface area contributed by atoms with Crippen LogP contribution >= 0.6 is 86.1 Å². The summed E-state index contributed by atoms with van der Waals surface area (Å²) in [4.78, 5) is 142. The van der Waals surface area contributed by atoms with Crippen LogP contribution in [0, 0.1) is 0 Å². The molecule has 8 N–H and O–H groups in total. The summed E-state index contributed by atoms with van der Waals surface area (Å²) >= 11 is 31.5. The van der Waals surface area contributed by atoms with Crippen molar-refractivity contribution in [1.29, 1.82) is 0 Å². The number of alkyl carbamates (subject to hydrolysis) is 1. The van der Waals surface area contributed by atoms with E-state index >= 15 is 0 Å². The Morgan fingerprint density at radius 2 is 0.918 bits per heavy atom. The van der Waals surface area contributed by atoms with Gasteiger partial charge in [-0.25, -0.2) is 69.4 Å². The number of anilines is 3. The Morgan fingerprint density at radius 3 is 1.38 bits per heavy atom. The SMILES string of the molecule is CC(C)(C)OC(=O)NC1(c2ccc(-c3nc4ccc5nnc(-c6cnccn6)n5c4nc3-c3ccccc3)cc2)CCC1.CCOC(=O)C(=O)c1ccccc1.Cl.Clc1nc2ccc3nnc(-c4cnccn4)n3c2nc1-c1ccccc1.Nc1ccc(Cl)nc1N.O=C(CNc1ccc2[nH]c(=O)c(-c3ccccc3)nc2n1)c1cnccn1.O=P(Cl)(Cl)Cl.O=c1[nH]c2ccc(Cl)nc2nc1-c1ccccc1.[V].[V].[V].[V]. The van der Waals surface area contributed by atoms with Crippen molar-refractivity contribution < 1.29 is 107 Å². The van der Waals surface area contributed by atoms with Gasteiger partial charge in [-0.1, -0.05) is 211 Å². The van der Waals surface area contributed by atoms with E-state index in [9.17, 15) is 33.3 Å². The number of benzene rings is 6. The monoisotopic (exact) mass is 2260 g/mol. The summed E-state index contributed by atoms with van der Waals surface area (Å²) < 4.78 is 23.3. The maximum atomic E-state index is 12.7. The van der Waals surface area contributed by atoms with Crippen molar-refractivity contribution in [3.8, 4) is 79.3 Å². The Hall–Kier alpha value is -13.7. The van der Waals surface area contributed by atoms with Gasteiger partial charge >= 0.3 is 17.3 Å². The van der Waals surface area contributed by atoms with Gasteiger partial charge in [-0.05, 0) is 147 Å². The summed E-state index contributed by atoms with van der Waals surface area (Å²) in [6.45, 7) is 7.51. The summed E-state index contributed by atoms with van der Waals surface area (Å²) in [5.74, 6) is 0.248. The standard InChI is InChI=1S/C33H30N8O2.C19H14N6O2.C18H10ClN7.C13H8ClN3O.C10H10O3.C5H6ClN3.Cl3OP.ClH.4V/c1-32(2,3)43-31(42)38-33(16-7-17-33)23-12-10-22(11-13-23)27-28(21-8-5-4-6-9-21)37-29-24(36-27)14-15-26-39-40-30(41(26)29)25-20-34-18-19-35-25;26-15(14-10-20-8-9-21-14)11-22-16-7-6-13-18(24-16)25-17(19(27)23-13)12-4-2-1-3-5-12;19-16-15(11-4-2-1-3-5-11)23-17-12(22-16)6-7-14-24-25-18(26(14)17)13-10-20-8-9-21-13;14-10-7-6-9-12(16-10)17-11(13(18)15-9)8-4-2-1-3-5-8;1-2-13-10(12)9(11)8-6-4-3-5-7-8;6-4-2-1-3(7)5(8)9-4;1-5(2,3)4;;;;;/h4-6,8-15,18-20H,7,16-17H2,1-3H3,(H,38,42);1-10H,11H2,(H,23,27)(H,22,24,25);1-10H;1-7H,(H,15,18);3-7H,2H2,1H3;1-2H,7H2,(H2,8,9);;1H;;;;. The van der Waals surface area contributed by atoms with E-state index in [1.54, 1.807) is 111 Å². The number of nitrogen functional groups attached to an aromatic ring is 2. The molecule has 0 aliphatic heterocycles. The van der Waals surface area contributed by atoms with Crippen LogP contribution in [0.2, 0.25) is 15.5 Å². The molecule has 14 aromatic heterocycles. The zero-order valence-corrected chi connectivity index (χ0v) is 88.7. The van der Waals surface area contributed by atoms with E-state index in [0.717, 1.165) is 58.5 Å². The van der Waals surface area contributed by atoms with Gasteiger partial charge in [-0.2, -0.15) is 0 Å². The number of ketones is 2. The minimum Gasteiger partial charge on any atom is -0.460 e. The van der Waals surface area contributed by atoms with Crippen LogP contribution in [0.5, 0.6) is 0 Å². The van der Waals surface area contributed by atoms with Gasteiger partial charge in [-0.15, -0.1) is 32.8 Å². The molecular formula is C98H79Cl7N27O9PV4. The molecule has 48 heteroatoms. The molecule has 1 aliphatic rings. The molecule has 4 radical (unpaired) electrons. The molecule has 0 bridgehead atoms. The third-order valence-corrected chi connectivity index (χ3v) is 21.2. The van der Waals surface area contributed by atoms with E-state index in [1.165, 1.54) is 18.6 Å². The van der Waals surface area contributed by atoms with Gasteiger partial charge in [0.05, 0.1) is 65.4 Å². The van der Waals surface area contributed by atoms with Gasteiger partial charge in [0.1, 0.15) is 72.7 Å². The number of H-pyrrole nitrogens is 2. The fourth-order valence-corrected chi connectivity index (χ4v) is 14.6. The Labute approximate surface area is 914 Å². The molecule has 1 amide bonds. The Balaban J connectivity index is 0.000000187. The van der Waals surface area contributed by atoms with Crippen LogP contribution in [0.15, 0.2) is 302 Å². The summed E-state index contributed by atoms with van der Waals surface area (Å²) in [7, 11) is 0. The molecule has 20 aromatic rings. The van der Waals surface area contributed by atoms with Crippen molar-refractivity contribution in [3.63, 3.8) is 0 Å². The van der Waals surface area contributed by atoms with Crippen molar-refractivity contribution in [2.45, 2.75) is 58.1 Å². The predicted molar refractivity (Wildman–Crippen MR) is 549 cm³/mol. The number of hydrogen-bond acceptors (Lipinski definition) is 31. The number of nitrogens with one attached hydrogen (secondary N) is 4. The van der Waals surface area contributed by atoms with Gasteiger partial charge in [0.25, 0.3) is 16.9 Å². The summed E-state index contributed by atoms with van der Waals surface area (Å²) in [5.41, 5.74) is 25.1. The minimum absolute atomic E-state index is 0. The van der Waals surface area contributed by atoms with Gasteiger partial charge in [-0.3, -0.25) is 47.5 Å². The molecule has 0 saturated heterocycles. The number of amides is 1. The molecule has 0 unspecified atom stereocenters. The van der Waals surface area contributed by atoms with Crippen LogP contribution in [-0.2, 0) is 98.6 Å². The largest absolute Gasteiger partial charge is 0.460 e. The zero-order valence-electron chi connectivity index (χ0n) is 76.9. The average molecular weight is 2260 g/mol. The second-order valence-corrected chi connectivity index (χ2v) is 39.1. The topological polar surface area (TPSA) is 499 Å². The smallest absolute Gasteiger partial charge is 0.408 e. The second-order valence-electron chi connectivity index (χ2n) is 31.3. The van der Waals surface area contributed by atoms with Crippen molar-refractivity contribution in [1.82, 2.24) is 119 Å². The molecule has 6 aromatic carbocycles. The molecule has 36 nitrogen and oxygen atoms in total. The number of carbonyl (C=O) groups excluding carboxylic acids is 4. The molecule has 1 saturated carbocycles. The fraction of sp³-hybridized carbons (Fsp3) is 0.112. The Morgan fingerprint density at radius 1 is 0.479 bits per heavy atom. The van der Waals surface area contributed by atoms with Gasteiger partial charge in [0.2, 0.25) is 5.78 Å². The number of carbonyl (C=O) groups is 4. The van der Waals surface area contributed by atoms with Crippen LogP contribution in [-0.4, -0.2) is 156 Å². The number of aromatic nitrogens is 23. The maximum absolute atomic E-state index is 12.7. The molecule has 146 heavy (non-hydrogen) atoms. The van der Waals surface area contributed by atoms with Crippen LogP contribution in [0.4, 0.5) is 22.1 Å². The second kappa shape index (κ2) is 52.9. The van der Waals surface area contributed by atoms with E-state index < -0.39 is 34.2 Å². The normalized spacial score (nSPS) is 11.4. The van der Waals surface area contributed by atoms with Gasteiger partial charge in [0.15, 0.2) is 50.7 Å². The molecule has 21 rings (SSSR count). The minimum atomic E-state index is -3.22. The summed E-state index contributed by atoms with van der Waals surface area (Å²) in [6, 6.07) is 72.0. The van der Waals surface area contributed by atoms with Gasteiger partial charge in [0, 0.05) is 145 Å². The van der Waals surface area contributed by atoms with E-state index in [0.29, 0.717) is 134 Å². The molecule has 734 valence electrons. The number of pyridine rings is 5. The number of nitrogens with zero attached hydrogens (tertiary/aromatic N) is 21. The van der Waals surface area contributed by atoms with E-state index in [2.05, 4.69) is 164 Å². The molecule has 1 fully saturated rings. The van der Waals surface area contributed by atoms with Gasteiger partial charge < -0.3 is 41.5 Å². The number of esters is 1. The number of halogens is 7. The number of fused-ring (bicyclic) bond motifs is 8.